The van der Waals surface area contributed by atoms with E-state index in [2.05, 4.69) is 30.2 Å². The lowest BCUT2D eigenvalue weighted by Gasteiger charge is -2.27. The van der Waals surface area contributed by atoms with Gasteiger partial charge in [0.1, 0.15) is 5.52 Å². The molecule has 1 aliphatic rings. The van der Waals surface area contributed by atoms with Crippen molar-refractivity contribution in [3.05, 3.63) is 30.1 Å². The molecular formula is C20H25N7O2S. The Morgan fingerprint density at radius 2 is 1.93 bits per heavy atom. The highest BCUT2D eigenvalue weighted by Crippen LogP contribution is 2.23. The number of nitrogens with zero attached hydrogens (tertiary/aromatic N) is 6. The number of anilines is 2. The molecule has 0 atom stereocenters. The number of aromatic nitrogens is 4. The van der Waals surface area contributed by atoms with Crippen molar-refractivity contribution >= 4 is 40.7 Å². The summed E-state index contributed by atoms with van der Waals surface area (Å²) in [5.74, 6) is 1.90. The van der Waals surface area contributed by atoms with Crippen LogP contribution in [0.15, 0.2) is 33.9 Å². The summed E-state index contributed by atoms with van der Waals surface area (Å²) in [6, 6.07) is 7.53. The van der Waals surface area contributed by atoms with Gasteiger partial charge in [0.05, 0.1) is 12.3 Å². The van der Waals surface area contributed by atoms with E-state index < -0.39 is 0 Å². The fourth-order valence-corrected chi connectivity index (χ4v) is 3.85. The third-order valence-electron chi connectivity index (χ3n) is 4.74. The van der Waals surface area contributed by atoms with E-state index in [-0.39, 0.29) is 18.2 Å². The average molecular weight is 428 g/mol. The Morgan fingerprint density at radius 1 is 1.13 bits per heavy atom. The van der Waals surface area contributed by atoms with Crippen molar-refractivity contribution < 1.29 is 9.21 Å². The van der Waals surface area contributed by atoms with Crippen LogP contribution in [0.2, 0.25) is 0 Å². The molecule has 1 fully saturated rings. The third kappa shape index (κ3) is 4.99. The number of hydrogen-bond donors (Lipinski definition) is 1. The highest BCUT2D eigenvalue weighted by Gasteiger charge is 2.17. The summed E-state index contributed by atoms with van der Waals surface area (Å²) < 4.78 is 5.63. The van der Waals surface area contributed by atoms with E-state index in [0.29, 0.717) is 28.5 Å². The first-order chi connectivity index (χ1) is 14.6. The summed E-state index contributed by atoms with van der Waals surface area (Å²) in [6.45, 7) is 2.14. The molecule has 1 N–H and O–H groups in total. The zero-order valence-corrected chi connectivity index (χ0v) is 18.0. The van der Waals surface area contributed by atoms with Gasteiger partial charge in [-0.25, -0.2) is 4.98 Å². The number of benzene rings is 1. The molecule has 1 aliphatic heterocycles. The number of carbonyl (C=O) groups is 1. The molecule has 3 heterocycles. The number of carbonyl (C=O) groups excluding carboxylic acids is 1. The van der Waals surface area contributed by atoms with Crippen LogP contribution in [0.5, 0.6) is 0 Å². The molecule has 3 aromatic rings. The number of nitrogens with one attached hydrogen (secondary N) is 1. The Hall–Kier alpha value is -2.88. The largest absolute Gasteiger partial charge is 0.431 e. The van der Waals surface area contributed by atoms with Crippen molar-refractivity contribution in [3.63, 3.8) is 0 Å². The molecule has 2 aromatic heterocycles. The monoisotopic (exact) mass is 427 g/mol. The Labute approximate surface area is 179 Å². The second-order valence-electron chi connectivity index (χ2n) is 7.31. The zero-order valence-electron chi connectivity index (χ0n) is 17.2. The number of hydrogen-bond acceptors (Lipinski definition) is 9. The van der Waals surface area contributed by atoms with Gasteiger partial charge in [-0.3, -0.25) is 4.79 Å². The molecule has 0 spiro atoms. The molecule has 1 saturated heterocycles. The lowest BCUT2D eigenvalue weighted by molar-refractivity contribution is -0.118. The number of piperidine rings is 1. The normalized spacial score (nSPS) is 14.1. The Balaban J connectivity index is 1.36. The lowest BCUT2D eigenvalue weighted by atomic mass is 10.1. The molecule has 0 saturated carbocycles. The fourth-order valence-electron chi connectivity index (χ4n) is 3.18. The van der Waals surface area contributed by atoms with Crippen molar-refractivity contribution in [1.29, 1.82) is 0 Å². The summed E-state index contributed by atoms with van der Waals surface area (Å²) in [5.41, 5.74) is 1.50. The number of amides is 1. The first-order valence-corrected chi connectivity index (χ1v) is 11.0. The van der Waals surface area contributed by atoms with Crippen molar-refractivity contribution in [2.45, 2.75) is 31.0 Å². The summed E-state index contributed by atoms with van der Waals surface area (Å²) in [4.78, 5) is 34.4. The second-order valence-corrected chi connectivity index (χ2v) is 8.23. The van der Waals surface area contributed by atoms with Crippen LogP contribution >= 0.6 is 11.8 Å². The smallest absolute Gasteiger partial charge is 0.257 e. The van der Waals surface area contributed by atoms with E-state index in [1.54, 1.807) is 0 Å². The number of para-hydroxylation sites is 2. The summed E-state index contributed by atoms with van der Waals surface area (Å²) in [5, 5.41) is 3.36. The molecule has 1 aromatic carbocycles. The molecule has 4 rings (SSSR count). The Morgan fingerprint density at radius 3 is 2.70 bits per heavy atom. The summed E-state index contributed by atoms with van der Waals surface area (Å²) in [7, 11) is 3.79. The molecule has 9 nitrogen and oxygen atoms in total. The van der Waals surface area contributed by atoms with Crippen LogP contribution in [-0.2, 0) is 11.3 Å². The fraction of sp³-hybridized carbons (Fsp3) is 0.450. The van der Waals surface area contributed by atoms with Crippen LogP contribution in [0.3, 0.4) is 0 Å². The third-order valence-corrected chi connectivity index (χ3v) is 5.57. The number of oxazole rings is 1. The zero-order chi connectivity index (χ0) is 20.9. The van der Waals surface area contributed by atoms with E-state index in [0.717, 1.165) is 31.4 Å². The lowest BCUT2D eigenvalue weighted by Crippen LogP contribution is -2.33. The van der Waals surface area contributed by atoms with Gasteiger partial charge in [0.25, 0.3) is 5.22 Å². The van der Waals surface area contributed by atoms with Crippen molar-refractivity contribution in [2.75, 3.05) is 42.7 Å². The van der Waals surface area contributed by atoms with E-state index in [1.165, 1.54) is 18.2 Å². The Kier molecular flexibility index (Phi) is 6.32. The maximum atomic E-state index is 12.3. The maximum Gasteiger partial charge on any atom is 0.257 e. The first-order valence-electron chi connectivity index (χ1n) is 10.0. The van der Waals surface area contributed by atoms with Gasteiger partial charge in [-0.05, 0) is 31.4 Å². The summed E-state index contributed by atoms with van der Waals surface area (Å²) in [6.07, 6.45) is 3.52. The minimum Gasteiger partial charge on any atom is -0.431 e. The molecule has 0 unspecified atom stereocenters. The number of thioether (sulfide) groups is 1. The molecular weight excluding hydrogens is 402 g/mol. The SMILES string of the molecule is CN(C)c1nc(CNC(=O)CSc2nc3ccccc3o2)nc(N2CCCCC2)n1. The van der Waals surface area contributed by atoms with Crippen molar-refractivity contribution in [3.8, 4) is 0 Å². The van der Waals surface area contributed by atoms with E-state index in [4.69, 9.17) is 4.42 Å². The Bertz CT molecular complexity index is 984. The van der Waals surface area contributed by atoms with Crippen molar-refractivity contribution in [1.82, 2.24) is 25.3 Å². The van der Waals surface area contributed by atoms with Gasteiger partial charge in [0.15, 0.2) is 11.4 Å². The first kappa shape index (κ1) is 20.4. The van der Waals surface area contributed by atoms with E-state index in [9.17, 15) is 4.79 Å². The second kappa shape index (κ2) is 9.29. The van der Waals surface area contributed by atoms with Gasteiger partial charge >= 0.3 is 0 Å². The van der Waals surface area contributed by atoms with Gasteiger partial charge in [0.2, 0.25) is 17.8 Å². The highest BCUT2D eigenvalue weighted by molar-refractivity contribution is 7.99. The molecule has 0 aliphatic carbocycles. The topological polar surface area (TPSA) is 100 Å². The van der Waals surface area contributed by atoms with Crippen molar-refractivity contribution in [2.24, 2.45) is 0 Å². The molecule has 30 heavy (non-hydrogen) atoms. The minimum absolute atomic E-state index is 0.131. The van der Waals surface area contributed by atoms with Gasteiger partial charge < -0.3 is 19.5 Å². The predicted octanol–water partition coefficient (Wildman–Crippen LogP) is 2.48. The van der Waals surface area contributed by atoms with Crippen LogP contribution in [-0.4, -0.2) is 58.8 Å². The van der Waals surface area contributed by atoms with Gasteiger partial charge in [-0.15, -0.1) is 0 Å². The predicted molar refractivity (Wildman–Crippen MR) is 117 cm³/mol. The number of rotatable bonds is 7. The summed E-state index contributed by atoms with van der Waals surface area (Å²) >= 11 is 1.26. The van der Waals surface area contributed by atoms with Crippen LogP contribution < -0.4 is 15.1 Å². The van der Waals surface area contributed by atoms with Gasteiger partial charge in [-0.2, -0.15) is 15.0 Å². The van der Waals surface area contributed by atoms with Crippen LogP contribution in [0, 0.1) is 0 Å². The van der Waals surface area contributed by atoms with Gasteiger partial charge in [0, 0.05) is 27.2 Å². The maximum absolute atomic E-state index is 12.3. The van der Waals surface area contributed by atoms with E-state index in [1.807, 2.05) is 43.3 Å². The van der Waals surface area contributed by atoms with Crippen LogP contribution in [0.4, 0.5) is 11.9 Å². The standard InChI is InChI=1S/C20H25N7O2S/c1-26(2)18-23-16(24-19(25-18)27-10-6-3-7-11-27)12-21-17(28)13-30-20-22-14-8-4-5-9-15(14)29-20/h4-5,8-9H,3,6-7,10-13H2,1-2H3,(H,21,28). The molecule has 0 bridgehead atoms. The van der Waals surface area contributed by atoms with Crippen LogP contribution in [0.1, 0.15) is 25.1 Å². The molecule has 10 heteroatoms. The molecule has 158 valence electrons. The average Bonchev–Trinajstić information content (AvgIpc) is 3.20. The minimum atomic E-state index is -0.131. The molecule has 1 amide bonds. The van der Waals surface area contributed by atoms with Gasteiger partial charge in [-0.1, -0.05) is 23.9 Å². The highest BCUT2D eigenvalue weighted by atomic mass is 32.2. The van der Waals surface area contributed by atoms with E-state index >= 15 is 0 Å². The number of fused-ring (bicyclic) bond motifs is 1. The quantitative estimate of drug-likeness (QED) is 0.570. The van der Waals surface area contributed by atoms with Crippen LogP contribution in [0.25, 0.3) is 11.1 Å². The molecule has 0 radical (unpaired) electrons.